The third-order valence-corrected chi connectivity index (χ3v) is 5.21. The first kappa shape index (κ1) is 15.9. The quantitative estimate of drug-likeness (QED) is 0.461. The van der Waals surface area contributed by atoms with Gasteiger partial charge >= 0.3 is 0 Å². The summed E-state index contributed by atoms with van der Waals surface area (Å²) in [5.41, 5.74) is 12.4. The maximum atomic E-state index is 9.65. The zero-order valence-corrected chi connectivity index (χ0v) is 14.4. The number of hydrogen-bond donors (Lipinski definition) is 3. The van der Waals surface area contributed by atoms with Crippen molar-refractivity contribution in [1.29, 1.82) is 5.41 Å². The van der Waals surface area contributed by atoms with E-state index in [0.717, 1.165) is 53.4 Å². The van der Waals surface area contributed by atoms with Crippen molar-refractivity contribution in [3.8, 4) is 17.0 Å². The topological polar surface area (TPSA) is 83.0 Å². The average Bonchev–Trinajstić information content (AvgIpc) is 2.61. The molecule has 0 unspecified atom stereocenters. The molecule has 0 aliphatic heterocycles. The number of hydrogen-bond acceptors (Lipinski definition) is 4. The van der Waals surface area contributed by atoms with Gasteiger partial charge in [0.05, 0.1) is 16.2 Å². The highest BCUT2D eigenvalue weighted by molar-refractivity contribution is 6.33. The molecule has 1 aliphatic carbocycles. The van der Waals surface area contributed by atoms with Gasteiger partial charge in [-0.1, -0.05) is 11.6 Å². The number of benzene rings is 2. The Balaban J connectivity index is 2.10. The summed E-state index contributed by atoms with van der Waals surface area (Å²) in [7, 11) is 0. The first-order valence-corrected chi connectivity index (χ1v) is 8.71. The number of anilines is 1. The van der Waals surface area contributed by atoms with E-state index < -0.39 is 0 Å². The second-order valence-corrected chi connectivity index (χ2v) is 6.80. The Morgan fingerprint density at radius 1 is 1.12 bits per heavy atom. The first-order chi connectivity index (χ1) is 12.1. The van der Waals surface area contributed by atoms with Crippen molar-refractivity contribution in [3.05, 3.63) is 52.0 Å². The van der Waals surface area contributed by atoms with Crippen molar-refractivity contribution in [2.24, 2.45) is 0 Å². The molecule has 0 amide bonds. The summed E-state index contributed by atoms with van der Waals surface area (Å²) in [5.74, 6) is 0.141. The molecule has 4 N–H and O–H groups in total. The molecule has 0 spiro atoms. The molecule has 0 bridgehead atoms. The molecule has 25 heavy (non-hydrogen) atoms. The molecule has 1 aliphatic rings. The molecule has 126 valence electrons. The zero-order valence-electron chi connectivity index (χ0n) is 13.6. The molecule has 0 atom stereocenters. The summed E-state index contributed by atoms with van der Waals surface area (Å²) in [6.07, 6.45) is 5.41. The van der Waals surface area contributed by atoms with Crippen LogP contribution in [0.5, 0.6) is 5.75 Å². The second-order valence-electron chi connectivity index (χ2n) is 6.40. The van der Waals surface area contributed by atoms with Crippen molar-refractivity contribution < 1.29 is 5.11 Å². The summed E-state index contributed by atoms with van der Waals surface area (Å²) in [4.78, 5) is 4.87. The van der Waals surface area contributed by atoms with E-state index in [1.54, 1.807) is 18.2 Å². The molecule has 5 heteroatoms. The van der Waals surface area contributed by atoms with E-state index in [-0.39, 0.29) is 5.75 Å². The number of fused-ring (bicyclic) bond motifs is 3. The zero-order chi connectivity index (χ0) is 17.6. The third-order valence-electron chi connectivity index (χ3n) is 4.90. The van der Waals surface area contributed by atoms with Crippen molar-refractivity contribution in [1.82, 2.24) is 4.98 Å². The van der Waals surface area contributed by atoms with Crippen molar-refractivity contribution in [2.75, 3.05) is 5.73 Å². The molecule has 4 rings (SSSR count). The maximum absolute atomic E-state index is 9.65. The van der Waals surface area contributed by atoms with Crippen LogP contribution < -0.4 is 5.73 Å². The van der Waals surface area contributed by atoms with Crippen molar-refractivity contribution in [3.63, 3.8) is 0 Å². The Morgan fingerprint density at radius 2 is 1.88 bits per heavy atom. The highest BCUT2D eigenvalue weighted by atomic mass is 35.5. The van der Waals surface area contributed by atoms with Crippen molar-refractivity contribution >= 4 is 34.4 Å². The number of aromatic nitrogens is 1. The van der Waals surface area contributed by atoms with Crippen LogP contribution in [0.15, 0.2) is 30.3 Å². The smallest absolute Gasteiger partial charge is 0.117 e. The number of pyridine rings is 1. The van der Waals surface area contributed by atoms with Gasteiger partial charge in [0, 0.05) is 28.4 Å². The van der Waals surface area contributed by atoms with Gasteiger partial charge in [-0.3, -0.25) is 0 Å². The van der Waals surface area contributed by atoms with Gasteiger partial charge in [-0.15, -0.1) is 0 Å². The van der Waals surface area contributed by atoms with Gasteiger partial charge in [0.15, 0.2) is 0 Å². The summed E-state index contributed by atoms with van der Waals surface area (Å²) in [5, 5.41) is 18.9. The van der Waals surface area contributed by atoms with Crippen LogP contribution in [0.3, 0.4) is 0 Å². The standard InChI is InChI=1S/C20H18ClN3O/c21-16-9-11(25)5-6-14(16)20-13-4-2-1-3-12(13)19-15(10-22)17(23)7-8-18(19)24-20/h5-10,22,25H,1-4,23H2. The molecule has 0 radical (unpaired) electrons. The lowest BCUT2D eigenvalue weighted by molar-refractivity contribution is 0.475. The van der Waals surface area contributed by atoms with Gasteiger partial charge < -0.3 is 16.2 Å². The number of halogens is 1. The van der Waals surface area contributed by atoms with E-state index in [9.17, 15) is 5.11 Å². The highest BCUT2D eigenvalue weighted by Crippen LogP contribution is 2.40. The number of phenolic OH excluding ortho intramolecular Hbond substituents is 1. The Kier molecular flexibility index (Phi) is 3.85. The lowest BCUT2D eigenvalue weighted by Gasteiger charge is -2.23. The number of aromatic hydroxyl groups is 1. The average molecular weight is 352 g/mol. The largest absolute Gasteiger partial charge is 0.508 e. The molecular formula is C20H18ClN3O. The van der Waals surface area contributed by atoms with Gasteiger partial charge in [0.1, 0.15) is 5.75 Å². The van der Waals surface area contributed by atoms with Gasteiger partial charge in [-0.05, 0) is 67.1 Å². The van der Waals surface area contributed by atoms with Crippen LogP contribution in [0.2, 0.25) is 5.02 Å². The molecule has 1 heterocycles. The minimum absolute atomic E-state index is 0.141. The number of phenols is 1. The van der Waals surface area contributed by atoms with E-state index in [1.807, 2.05) is 12.1 Å². The maximum Gasteiger partial charge on any atom is 0.117 e. The normalized spacial score (nSPS) is 13.6. The van der Waals surface area contributed by atoms with Crippen LogP contribution in [-0.2, 0) is 12.8 Å². The monoisotopic (exact) mass is 351 g/mol. The van der Waals surface area contributed by atoms with Gasteiger partial charge in [0.25, 0.3) is 0 Å². The van der Waals surface area contributed by atoms with E-state index >= 15 is 0 Å². The Morgan fingerprint density at radius 3 is 2.60 bits per heavy atom. The molecule has 3 aromatic rings. The molecule has 1 aromatic heterocycles. The lowest BCUT2D eigenvalue weighted by Crippen LogP contribution is -2.10. The Hall–Kier alpha value is -2.59. The molecule has 2 aromatic carbocycles. The highest BCUT2D eigenvalue weighted by Gasteiger charge is 2.22. The number of nitrogens with one attached hydrogen (secondary N) is 1. The molecule has 0 saturated heterocycles. The van der Waals surface area contributed by atoms with E-state index in [1.165, 1.54) is 17.3 Å². The summed E-state index contributed by atoms with van der Waals surface area (Å²) in [6.45, 7) is 0. The van der Waals surface area contributed by atoms with Crippen LogP contribution in [0.25, 0.3) is 22.2 Å². The fourth-order valence-corrected chi connectivity index (χ4v) is 4.00. The molecular weight excluding hydrogens is 334 g/mol. The van der Waals surface area contributed by atoms with Gasteiger partial charge in [-0.25, -0.2) is 4.98 Å². The fraction of sp³-hybridized carbons (Fsp3) is 0.200. The minimum atomic E-state index is 0.141. The summed E-state index contributed by atoms with van der Waals surface area (Å²) >= 11 is 6.39. The number of aryl methyl sites for hydroxylation is 1. The minimum Gasteiger partial charge on any atom is -0.508 e. The molecule has 0 fully saturated rings. The van der Waals surface area contributed by atoms with E-state index in [0.29, 0.717) is 10.7 Å². The molecule has 0 saturated carbocycles. The summed E-state index contributed by atoms with van der Waals surface area (Å²) < 4.78 is 0. The lowest BCUT2D eigenvalue weighted by atomic mass is 9.85. The van der Waals surface area contributed by atoms with Crippen LogP contribution in [0.4, 0.5) is 5.69 Å². The van der Waals surface area contributed by atoms with Gasteiger partial charge in [-0.2, -0.15) is 0 Å². The third kappa shape index (κ3) is 2.53. The number of nitrogen functional groups attached to an aromatic ring is 1. The number of rotatable bonds is 2. The van der Waals surface area contributed by atoms with Crippen LogP contribution in [0.1, 0.15) is 29.5 Å². The second kappa shape index (κ2) is 6.05. The SMILES string of the molecule is N=Cc1c(N)ccc2nc(-c3ccc(O)cc3Cl)c3c(c12)CCCC3. The number of nitrogens with two attached hydrogens (primary N) is 1. The molecule has 4 nitrogen and oxygen atoms in total. The predicted octanol–water partition coefficient (Wildman–Crippen LogP) is 4.72. The van der Waals surface area contributed by atoms with Crippen LogP contribution in [-0.4, -0.2) is 16.3 Å². The van der Waals surface area contributed by atoms with E-state index in [4.69, 9.17) is 27.7 Å². The van der Waals surface area contributed by atoms with Gasteiger partial charge in [0.2, 0.25) is 0 Å². The number of nitrogens with zero attached hydrogens (tertiary/aromatic N) is 1. The van der Waals surface area contributed by atoms with Crippen LogP contribution in [0, 0.1) is 5.41 Å². The fourth-order valence-electron chi connectivity index (χ4n) is 3.74. The van der Waals surface area contributed by atoms with Crippen LogP contribution >= 0.6 is 11.6 Å². The van der Waals surface area contributed by atoms with Crippen molar-refractivity contribution in [2.45, 2.75) is 25.7 Å². The predicted molar refractivity (Wildman–Crippen MR) is 103 cm³/mol. The first-order valence-electron chi connectivity index (χ1n) is 8.33. The Bertz CT molecular complexity index is 1010. The van der Waals surface area contributed by atoms with E-state index in [2.05, 4.69) is 0 Å². The Labute approximate surface area is 150 Å². The summed E-state index contributed by atoms with van der Waals surface area (Å²) in [6, 6.07) is 8.70.